The molecule has 1 fully saturated rings. The Labute approximate surface area is 129 Å². The van der Waals surface area contributed by atoms with Gasteiger partial charge in [0.15, 0.2) is 5.82 Å². The summed E-state index contributed by atoms with van der Waals surface area (Å²) in [5, 5.41) is 4.68. The van der Waals surface area contributed by atoms with Crippen LogP contribution in [0.3, 0.4) is 0 Å². The van der Waals surface area contributed by atoms with E-state index in [2.05, 4.69) is 44.2 Å². The van der Waals surface area contributed by atoms with E-state index in [0.717, 1.165) is 40.8 Å². The summed E-state index contributed by atoms with van der Waals surface area (Å²) in [6, 6.07) is 8.87. The van der Waals surface area contributed by atoms with E-state index in [1.807, 2.05) is 12.1 Å². The Hall–Kier alpha value is -2.14. The van der Waals surface area contributed by atoms with Crippen LogP contribution >= 0.6 is 0 Å². The van der Waals surface area contributed by atoms with Gasteiger partial charge in [0.1, 0.15) is 17.4 Å². The highest BCUT2D eigenvalue weighted by Crippen LogP contribution is 2.27. The fourth-order valence-corrected chi connectivity index (χ4v) is 3.53. The van der Waals surface area contributed by atoms with Crippen molar-refractivity contribution in [3.8, 4) is 0 Å². The van der Waals surface area contributed by atoms with Gasteiger partial charge in [0.25, 0.3) is 0 Å². The number of aromatic nitrogens is 3. The molecule has 2 aromatic heterocycles. The number of likely N-dealkylation sites (tertiary alicyclic amines) is 1. The number of fused-ring (bicyclic) bond motifs is 3. The molecule has 1 saturated heterocycles. The van der Waals surface area contributed by atoms with Crippen molar-refractivity contribution in [2.24, 2.45) is 0 Å². The molecular weight excluding hydrogens is 274 g/mol. The summed E-state index contributed by atoms with van der Waals surface area (Å²) in [6.45, 7) is 5.51. The smallest absolute Gasteiger partial charge is 0.153 e. The number of hydrogen-bond acceptors (Lipinski definition) is 4. The molecule has 0 bridgehead atoms. The van der Waals surface area contributed by atoms with Crippen molar-refractivity contribution < 1.29 is 0 Å². The van der Waals surface area contributed by atoms with Gasteiger partial charge in [-0.1, -0.05) is 25.1 Å². The molecule has 0 saturated carbocycles. The molecule has 1 aliphatic heterocycles. The van der Waals surface area contributed by atoms with Crippen LogP contribution in [0.4, 0.5) is 5.82 Å². The second-order valence-electron chi connectivity index (χ2n) is 5.92. The first-order valence-electron chi connectivity index (χ1n) is 8.06. The van der Waals surface area contributed by atoms with Crippen LogP contribution < -0.4 is 5.32 Å². The van der Waals surface area contributed by atoms with Crippen LogP contribution in [0.25, 0.3) is 21.9 Å². The SMILES string of the molecule is CCN1CCC[C@@H]1CNc1ncnc2c1[nH]c1ccccc12. The first-order valence-corrected chi connectivity index (χ1v) is 8.06. The third kappa shape index (κ3) is 2.22. The standard InChI is InChI=1S/C17H21N5/c1-2-22-9-5-6-12(22)10-18-17-16-15(19-11-20-17)13-7-3-4-8-14(13)21-16/h3-4,7-8,11-12,21H,2,5-6,9-10H2,1H3,(H,18,19,20)/t12-/m1/s1. The molecule has 114 valence electrons. The summed E-state index contributed by atoms with van der Waals surface area (Å²) in [5.41, 5.74) is 3.11. The van der Waals surface area contributed by atoms with E-state index in [9.17, 15) is 0 Å². The number of hydrogen-bond donors (Lipinski definition) is 2. The Bertz CT molecular complexity index is 794. The third-order valence-corrected chi connectivity index (χ3v) is 4.70. The number of rotatable bonds is 4. The maximum absolute atomic E-state index is 4.45. The van der Waals surface area contributed by atoms with E-state index >= 15 is 0 Å². The Balaban J connectivity index is 1.64. The van der Waals surface area contributed by atoms with Crippen molar-refractivity contribution in [1.29, 1.82) is 0 Å². The molecule has 0 radical (unpaired) electrons. The molecule has 1 atom stereocenters. The van der Waals surface area contributed by atoms with E-state index in [1.54, 1.807) is 6.33 Å². The molecule has 22 heavy (non-hydrogen) atoms. The fraction of sp³-hybridized carbons (Fsp3) is 0.412. The lowest BCUT2D eigenvalue weighted by molar-refractivity contribution is 0.277. The van der Waals surface area contributed by atoms with Crippen molar-refractivity contribution >= 4 is 27.8 Å². The van der Waals surface area contributed by atoms with Crippen LogP contribution in [-0.4, -0.2) is 45.5 Å². The summed E-state index contributed by atoms with van der Waals surface area (Å²) in [5.74, 6) is 0.907. The van der Waals surface area contributed by atoms with Gasteiger partial charge in [-0.15, -0.1) is 0 Å². The highest BCUT2D eigenvalue weighted by Gasteiger charge is 2.23. The quantitative estimate of drug-likeness (QED) is 0.777. The molecule has 0 unspecified atom stereocenters. The molecule has 2 N–H and O–H groups in total. The lowest BCUT2D eigenvalue weighted by Gasteiger charge is -2.23. The summed E-state index contributed by atoms with van der Waals surface area (Å²) in [6.07, 6.45) is 4.21. The minimum atomic E-state index is 0.611. The predicted octanol–water partition coefficient (Wildman–Crippen LogP) is 3.01. The zero-order chi connectivity index (χ0) is 14.9. The molecule has 3 aromatic rings. The second-order valence-corrected chi connectivity index (χ2v) is 5.92. The topological polar surface area (TPSA) is 56.8 Å². The highest BCUT2D eigenvalue weighted by atomic mass is 15.2. The van der Waals surface area contributed by atoms with Crippen molar-refractivity contribution in [1.82, 2.24) is 19.9 Å². The predicted molar refractivity (Wildman–Crippen MR) is 90.2 cm³/mol. The lowest BCUT2D eigenvalue weighted by Crippen LogP contribution is -2.34. The van der Waals surface area contributed by atoms with Gasteiger partial charge in [-0.05, 0) is 32.0 Å². The van der Waals surface area contributed by atoms with Crippen molar-refractivity contribution in [3.05, 3.63) is 30.6 Å². The fourth-order valence-electron chi connectivity index (χ4n) is 3.53. The second kappa shape index (κ2) is 5.57. The summed E-state index contributed by atoms with van der Waals surface area (Å²) < 4.78 is 0. The lowest BCUT2D eigenvalue weighted by atomic mass is 10.2. The van der Waals surface area contributed by atoms with Gasteiger partial charge in [-0.25, -0.2) is 9.97 Å². The monoisotopic (exact) mass is 295 g/mol. The minimum absolute atomic E-state index is 0.611. The van der Waals surface area contributed by atoms with Crippen LogP contribution in [-0.2, 0) is 0 Å². The molecule has 0 aliphatic carbocycles. The molecule has 5 nitrogen and oxygen atoms in total. The number of anilines is 1. The molecule has 4 rings (SSSR count). The van der Waals surface area contributed by atoms with Crippen molar-refractivity contribution in [2.45, 2.75) is 25.8 Å². The third-order valence-electron chi connectivity index (χ3n) is 4.70. The Morgan fingerprint density at radius 1 is 1.32 bits per heavy atom. The molecule has 3 heterocycles. The summed E-state index contributed by atoms with van der Waals surface area (Å²) >= 11 is 0. The highest BCUT2D eigenvalue weighted by molar-refractivity contribution is 6.07. The number of nitrogens with zero attached hydrogens (tertiary/aromatic N) is 3. The largest absolute Gasteiger partial charge is 0.367 e. The number of nitrogens with one attached hydrogen (secondary N) is 2. The zero-order valence-electron chi connectivity index (χ0n) is 12.8. The summed E-state index contributed by atoms with van der Waals surface area (Å²) in [4.78, 5) is 14.9. The average molecular weight is 295 g/mol. The molecule has 0 amide bonds. The Morgan fingerprint density at radius 2 is 2.23 bits per heavy atom. The van der Waals surface area contributed by atoms with E-state index in [-0.39, 0.29) is 0 Å². The van der Waals surface area contributed by atoms with Crippen LogP contribution in [0.5, 0.6) is 0 Å². The van der Waals surface area contributed by atoms with Crippen LogP contribution in [0.15, 0.2) is 30.6 Å². The minimum Gasteiger partial charge on any atom is -0.367 e. The molecular formula is C17H21N5. The number of aromatic amines is 1. The van der Waals surface area contributed by atoms with Crippen molar-refractivity contribution in [2.75, 3.05) is 25.0 Å². The maximum atomic E-state index is 4.45. The van der Waals surface area contributed by atoms with Gasteiger partial charge in [0.05, 0.1) is 0 Å². The van der Waals surface area contributed by atoms with Gasteiger partial charge in [0, 0.05) is 23.5 Å². The van der Waals surface area contributed by atoms with Crippen LogP contribution in [0.2, 0.25) is 0 Å². The first-order chi connectivity index (χ1) is 10.9. The molecule has 0 spiro atoms. The molecule has 5 heteroatoms. The molecule has 1 aliphatic rings. The normalized spacial score (nSPS) is 19.2. The Kier molecular flexibility index (Phi) is 3.42. The van der Waals surface area contributed by atoms with Gasteiger partial charge < -0.3 is 10.3 Å². The van der Waals surface area contributed by atoms with E-state index in [4.69, 9.17) is 0 Å². The average Bonchev–Trinajstić information content (AvgIpc) is 3.17. The van der Waals surface area contributed by atoms with E-state index in [1.165, 1.54) is 19.4 Å². The van der Waals surface area contributed by atoms with Gasteiger partial charge in [-0.3, -0.25) is 4.90 Å². The van der Waals surface area contributed by atoms with E-state index < -0.39 is 0 Å². The van der Waals surface area contributed by atoms with Gasteiger partial charge in [-0.2, -0.15) is 0 Å². The van der Waals surface area contributed by atoms with Gasteiger partial charge >= 0.3 is 0 Å². The maximum Gasteiger partial charge on any atom is 0.153 e. The van der Waals surface area contributed by atoms with Crippen LogP contribution in [0.1, 0.15) is 19.8 Å². The van der Waals surface area contributed by atoms with Gasteiger partial charge in [0.2, 0.25) is 0 Å². The zero-order valence-corrected chi connectivity index (χ0v) is 12.8. The van der Waals surface area contributed by atoms with E-state index in [0.29, 0.717) is 6.04 Å². The molecule has 1 aromatic carbocycles. The number of benzene rings is 1. The van der Waals surface area contributed by atoms with Crippen molar-refractivity contribution in [3.63, 3.8) is 0 Å². The first kappa shape index (κ1) is 13.5. The Morgan fingerprint density at radius 3 is 3.14 bits per heavy atom. The number of para-hydroxylation sites is 1. The van der Waals surface area contributed by atoms with Crippen LogP contribution in [0, 0.1) is 0 Å². The summed E-state index contributed by atoms with van der Waals surface area (Å²) in [7, 11) is 0. The number of likely N-dealkylation sites (N-methyl/N-ethyl adjacent to an activating group) is 1. The number of H-pyrrole nitrogens is 1.